The standard InChI is InChI=1S/C14H20N2O/c1-10-5-6-12(8-11(10)2)13-4-3-7-16(13)14(17)9-15/h5-6,8,13H,3-4,7,9,15H2,1-2H3/t13-/m1/s1. The molecule has 1 fully saturated rings. The Bertz CT molecular complexity index is 428. The molecule has 17 heavy (non-hydrogen) atoms. The van der Waals surface area contributed by atoms with Crippen molar-refractivity contribution in [1.29, 1.82) is 0 Å². The van der Waals surface area contributed by atoms with Crippen LogP contribution in [-0.4, -0.2) is 23.9 Å². The number of benzene rings is 1. The fraction of sp³-hybridized carbons (Fsp3) is 0.500. The van der Waals surface area contributed by atoms with Gasteiger partial charge in [-0.25, -0.2) is 0 Å². The number of likely N-dealkylation sites (tertiary alicyclic amines) is 1. The van der Waals surface area contributed by atoms with E-state index in [0.29, 0.717) is 0 Å². The second-order valence-corrected chi connectivity index (χ2v) is 4.79. The zero-order valence-corrected chi connectivity index (χ0v) is 10.6. The number of hydrogen-bond donors (Lipinski definition) is 1. The predicted octanol–water partition coefficient (Wildman–Crippen LogP) is 1.93. The van der Waals surface area contributed by atoms with Crippen molar-refractivity contribution in [2.45, 2.75) is 32.7 Å². The molecule has 0 radical (unpaired) electrons. The lowest BCUT2D eigenvalue weighted by molar-refractivity contribution is -0.130. The number of nitrogens with zero attached hydrogens (tertiary/aromatic N) is 1. The van der Waals surface area contributed by atoms with Crippen LogP contribution < -0.4 is 5.73 Å². The minimum absolute atomic E-state index is 0.0609. The van der Waals surface area contributed by atoms with Crippen molar-refractivity contribution >= 4 is 5.91 Å². The highest BCUT2D eigenvalue weighted by molar-refractivity contribution is 5.78. The molecule has 92 valence electrons. The van der Waals surface area contributed by atoms with Crippen LogP contribution in [0.25, 0.3) is 0 Å². The summed E-state index contributed by atoms with van der Waals surface area (Å²) in [5.74, 6) is 0.0609. The highest BCUT2D eigenvalue weighted by Crippen LogP contribution is 2.32. The Labute approximate surface area is 103 Å². The van der Waals surface area contributed by atoms with Crippen molar-refractivity contribution in [1.82, 2.24) is 4.90 Å². The fourth-order valence-electron chi connectivity index (χ4n) is 2.50. The molecular weight excluding hydrogens is 212 g/mol. The van der Waals surface area contributed by atoms with E-state index in [1.165, 1.54) is 16.7 Å². The van der Waals surface area contributed by atoms with Gasteiger partial charge in [0.05, 0.1) is 12.6 Å². The van der Waals surface area contributed by atoms with E-state index in [1.54, 1.807) is 0 Å². The van der Waals surface area contributed by atoms with Crippen molar-refractivity contribution in [3.05, 3.63) is 34.9 Å². The van der Waals surface area contributed by atoms with Gasteiger partial charge in [0, 0.05) is 6.54 Å². The average Bonchev–Trinajstić information content (AvgIpc) is 2.80. The second kappa shape index (κ2) is 4.88. The molecule has 0 aromatic heterocycles. The van der Waals surface area contributed by atoms with Gasteiger partial charge in [-0.2, -0.15) is 0 Å². The van der Waals surface area contributed by atoms with Gasteiger partial charge in [-0.15, -0.1) is 0 Å². The molecule has 0 unspecified atom stereocenters. The smallest absolute Gasteiger partial charge is 0.236 e. The van der Waals surface area contributed by atoms with Crippen LogP contribution >= 0.6 is 0 Å². The van der Waals surface area contributed by atoms with E-state index in [-0.39, 0.29) is 18.5 Å². The first-order valence-electron chi connectivity index (χ1n) is 6.20. The number of amides is 1. The first kappa shape index (κ1) is 12.1. The van der Waals surface area contributed by atoms with Crippen LogP contribution in [0.1, 0.15) is 35.6 Å². The first-order chi connectivity index (χ1) is 8.13. The third-order valence-corrected chi connectivity index (χ3v) is 3.66. The monoisotopic (exact) mass is 232 g/mol. The molecule has 1 aromatic carbocycles. The average molecular weight is 232 g/mol. The maximum Gasteiger partial charge on any atom is 0.236 e. The number of rotatable bonds is 2. The lowest BCUT2D eigenvalue weighted by Gasteiger charge is -2.25. The minimum atomic E-state index is 0.0609. The molecule has 1 aromatic rings. The molecule has 0 saturated carbocycles. The van der Waals surface area contributed by atoms with Gasteiger partial charge in [-0.3, -0.25) is 4.79 Å². The Morgan fingerprint density at radius 1 is 1.41 bits per heavy atom. The van der Waals surface area contributed by atoms with Crippen LogP contribution in [0.15, 0.2) is 18.2 Å². The second-order valence-electron chi connectivity index (χ2n) is 4.79. The SMILES string of the molecule is Cc1ccc([C@H]2CCCN2C(=O)CN)cc1C. The van der Waals surface area contributed by atoms with E-state index in [1.807, 2.05) is 4.90 Å². The van der Waals surface area contributed by atoms with Gasteiger partial charge in [-0.05, 0) is 43.4 Å². The molecule has 1 saturated heterocycles. The minimum Gasteiger partial charge on any atom is -0.335 e. The van der Waals surface area contributed by atoms with Crippen molar-refractivity contribution in [2.75, 3.05) is 13.1 Å². The van der Waals surface area contributed by atoms with E-state index in [0.717, 1.165) is 19.4 Å². The number of carbonyl (C=O) groups excluding carboxylic acids is 1. The van der Waals surface area contributed by atoms with Crippen LogP contribution in [0.3, 0.4) is 0 Å². The molecule has 0 spiro atoms. The molecule has 2 N–H and O–H groups in total. The molecule has 1 atom stereocenters. The number of nitrogens with two attached hydrogens (primary N) is 1. The molecule has 0 aliphatic carbocycles. The Morgan fingerprint density at radius 2 is 2.18 bits per heavy atom. The van der Waals surface area contributed by atoms with E-state index >= 15 is 0 Å². The summed E-state index contributed by atoms with van der Waals surface area (Å²) in [5, 5.41) is 0. The maximum absolute atomic E-state index is 11.8. The molecule has 1 aliphatic heterocycles. The Kier molecular flexibility index (Phi) is 3.48. The summed E-state index contributed by atoms with van der Waals surface area (Å²) in [6.45, 7) is 5.18. The van der Waals surface area contributed by atoms with Crippen molar-refractivity contribution < 1.29 is 4.79 Å². The summed E-state index contributed by atoms with van der Waals surface area (Å²) in [6, 6.07) is 6.69. The summed E-state index contributed by atoms with van der Waals surface area (Å²) in [7, 11) is 0. The van der Waals surface area contributed by atoms with Crippen molar-refractivity contribution in [2.24, 2.45) is 5.73 Å². The van der Waals surface area contributed by atoms with E-state index in [2.05, 4.69) is 32.0 Å². The van der Waals surface area contributed by atoms with Gasteiger partial charge in [0.2, 0.25) is 5.91 Å². The van der Waals surface area contributed by atoms with Crippen LogP contribution in [-0.2, 0) is 4.79 Å². The van der Waals surface area contributed by atoms with Crippen molar-refractivity contribution in [3.8, 4) is 0 Å². The largest absolute Gasteiger partial charge is 0.335 e. The number of hydrogen-bond acceptors (Lipinski definition) is 2. The summed E-state index contributed by atoms with van der Waals surface area (Å²) >= 11 is 0. The molecule has 0 bridgehead atoms. The van der Waals surface area contributed by atoms with Crippen molar-refractivity contribution in [3.63, 3.8) is 0 Å². The van der Waals surface area contributed by atoms with Gasteiger partial charge < -0.3 is 10.6 Å². The van der Waals surface area contributed by atoms with Gasteiger partial charge in [-0.1, -0.05) is 18.2 Å². The summed E-state index contributed by atoms with van der Waals surface area (Å²) < 4.78 is 0. The summed E-state index contributed by atoms with van der Waals surface area (Å²) in [6.07, 6.45) is 2.12. The molecule has 3 nitrogen and oxygen atoms in total. The molecule has 3 heteroatoms. The molecule has 1 aliphatic rings. The Hall–Kier alpha value is -1.35. The normalized spacial score (nSPS) is 19.7. The van der Waals surface area contributed by atoms with Crippen LogP contribution in [0.2, 0.25) is 0 Å². The number of carbonyl (C=O) groups is 1. The molecule has 2 rings (SSSR count). The highest BCUT2D eigenvalue weighted by Gasteiger charge is 2.29. The van der Waals surface area contributed by atoms with Crippen LogP contribution in [0, 0.1) is 13.8 Å². The maximum atomic E-state index is 11.8. The zero-order chi connectivity index (χ0) is 12.4. The third-order valence-electron chi connectivity index (χ3n) is 3.66. The topological polar surface area (TPSA) is 46.3 Å². The zero-order valence-electron chi connectivity index (χ0n) is 10.6. The molecule has 1 heterocycles. The summed E-state index contributed by atoms with van der Waals surface area (Å²) in [4.78, 5) is 13.7. The summed E-state index contributed by atoms with van der Waals surface area (Å²) in [5.41, 5.74) is 9.28. The Balaban J connectivity index is 2.26. The third kappa shape index (κ3) is 2.34. The molecular formula is C14H20N2O. The van der Waals surface area contributed by atoms with E-state index in [4.69, 9.17) is 5.73 Å². The highest BCUT2D eigenvalue weighted by atomic mass is 16.2. The van der Waals surface area contributed by atoms with Gasteiger partial charge in [0.15, 0.2) is 0 Å². The quantitative estimate of drug-likeness (QED) is 0.847. The van der Waals surface area contributed by atoms with Crippen LogP contribution in [0.4, 0.5) is 0 Å². The molecule has 1 amide bonds. The first-order valence-corrected chi connectivity index (χ1v) is 6.20. The van der Waals surface area contributed by atoms with Gasteiger partial charge in [0.1, 0.15) is 0 Å². The lowest BCUT2D eigenvalue weighted by atomic mass is 9.99. The van der Waals surface area contributed by atoms with Gasteiger partial charge >= 0.3 is 0 Å². The number of aryl methyl sites for hydroxylation is 2. The van der Waals surface area contributed by atoms with E-state index < -0.39 is 0 Å². The predicted molar refractivity (Wildman–Crippen MR) is 68.7 cm³/mol. The fourth-order valence-corrected chi connectivity index (χ4v) is 2.50. The van der Waals surface area contributed by atoms with E-state index in [9.17, 15) is 4.79 Å². The Morgan fingerprint density at radius 3 is 2.82 bits per heavy atom. The van der Waals surface area contributed by atoms with Gasteiger partial charge in [0.25, 0.3) is 0 Å². The lowest BCUT2D eigenvalue weighted by Crippen LogP contribution is -2.35. The van der Waals surface area contributed by atoms with Crippen LogP contribution in [0.5, 0.6) is 0 Å².